The number of thiocarbonyl (C=S) groups is 1. The zero-order chi connectivity index (χ0) is 13.7. The van der Waals surface area contributed by atoms with Crippen molar-refractivity contribution in [3.05, 3.63) is 53.4 Å². The van der Waals surface area contributed by atoms with Crippen LogP contribution in [-0.4, -0.2) is 5.37 Å². The van der Waals surface area contributed by atoms with Gasteiger partial charge in [-0.05, 0) is 22.9 Å². The molecule has 0 amide bonds. The molecular formula is C17H10S3. The molecule has 0 atom stereocenters. The molecule has 0 aliphatic carbocycles. The molecule has 0 N–H and O–H groups in total. The molecule has 0 spiro atoms. The summed E-state index contributed by atoms with van der Waals surface area (Å²) in [5, 5.41) is 5.70. The van der Waals surface area contributed by atoms with Crippen LogP contribution in [0.3, 0.4) is 0 Å². The number of benzene rings is 2. The Morgan fingerprint density at radius 2 is 1.75 bits per heavy atom. The number of rotatable bonds is 2. The van der Waals surface area contributed by atoms with Gasteiger partial charge >= 0.3 is 0 Å². The van der Waals surface area contributed by atoms with Gasteiger partial charge in [0.05, 0.1) is 9.40 Å². The second-order valence-corrected chi connectivity index (χ2v) is 7.00. The van der Waals surface area contributed by atoms with E-state index in [0.717, 1.165) is 5.56 Å². The van der Waals surface area contributed by atoms with Crippen LogP contribution < -0.4 is 0 Å². The van der Waals surface area contributed by atoms with Crippen LogP contribution >= 0.6 is 34.9 Å². The highest BCUT2D eigenvalue weighted by atomic mass is 32.1. The number of thiophene rings is 2. The van der Waals surface area contributed by atoms with Crippen molar-refractivity contribution < 1.29 is 0 Å². The van der Waals surface area contributed by atoms with Gasteiger partial charge in [0.25, 0.3) is 0 Å². The van der Waals surface area contributed by atoms with Crippen molar-refractivity contribution in [1.29, 1.82) is 0 Å². The zero-order valence-electron chi connectivity index (χ0n) is 10.6. The van der Waals surface area contributed by atoms with Crippen molar-refractivity contribution >= 4 is 76.6 Å². The van der Waals surface area contributed by atoms with E-state index < -0.39 is 0 Å². The molecule has 0 bridgehead atoms. The number of fused-ring (bicyclic) bond motifs is 4. The molecular weight excluding hydrogens is 300 g/mol. The van der Waals surface area contributed by atoms with Crippen molar-refractivity contribution in [2.45, 2.75) is 0 Å². The molecule has 2 aromatic carbocycles. The van der Waals surface area contributed by atoms with E-state index in [1.165, 1.54) is 35.1 Å². The van der Waals surface area contributed by atoms with E-state index in [9.17, 15) is 0 Å². The van der Waals surface area contributed by atoms with Crippen LogP contribution in [0.5, 0.6) is 0 Å². The van der Waals surface area contributed by atoms with Gasteiger partial charge in [0.15, 0.2) is 0 Å². The molecule has 0 fully saturated rings. The first-order valence-electron chi connectivity index (χ1n) is 6.27. The van der Waals surface area contributed by atoms with Crippen LogP contribution in [0, 0.1) is 0 Å². The van der Waals surface area contributed by atoms with Crippen LogP contribution in [0.25, 0.3) is 36.3 Å². The lowest BCUT2D eigenvalue weighted by Crippen LogP contribution is -1.74. The van der Waals surface area contributed by atoms with E-state index in [-0.39, 0.29) is 0 Å². The highest BCUT2D eigenvalue weighted by Gasteiger charge is 2.14. The summed E-state index contributed by atoms with van der Waals surface area (Å²) in [5.74, 6) is 0. The van der Waals surface area contributed by atoms with E-state index in [2.05, 4.69) is 43.0 Å². The van der Waals surface area contributed by atoms with Gasteiger partial charge < -0.3 is 0 Å². The lowest BCUT2D eigenvalue weighted by Gasteiger charge is -1.97. The Hall–Kier alpha value is -1.55. The van der Waals surface area contributed by atoms with Crippen LogP contribution in [0.15, 0.2) is 43.0 Å². The summed E-state index contributed by atoms with van der Waals surface area (Å²) in [6.07, 6.45) is 1.91. The molecule has 0 unspecified atom stereocenters. The highest BCUT2D eigenvalue weighted by molar-refractivity contribution is 7.79. The van der Waals surface area contributed by atoms with Gasteiger partial charge in [0, 0.05) is 25.9 Å². The van der Waals surface area contributed by atoms with Crippen molar-refractivity contribution in [3.8, 4) is 0 Å². The van der Waals surface area contributed by atoms with Crippen molar-refractivity contribution in [2.24, 2.45) is 0 Å². The summed E-state index contributed by atoms with van der Waals surface area (Å²) in [7, 11) is 0. The number of hydrogen-bond acceptors (Lipinski definition) is 3. The van der Waals surface area contributed by atoms with Crippen LogP contribution in [0.1, 0.15) is 10.4 Å². The Morgan fingerprint density at radius 3 is 2.45 bits per heavy atom. The van der Waals surface area contributed by atoms with Crippen LogP contribution in [0.4, 0.5) is 0 Å². The molecule has 3 heteroatoms. The maximum atomic E-state index is 5.18. The minimum Gasteiger partial charge on any atom is -0.134 e. The second kappa shape index (κ2) is 4.48. The Balaban J connectivity index is 2.21. The van der Waals surface area contributed by atoms with E-state index in [4.69, 9.17) is 12.2 Å². The van der Waals surface area contributed by atoms with E-state index in [0.29, 0.717) is 0 Å². The Labute approximate surface area is 130 Å². The summed E-state index contributed by atoms with van der Waals surface area (Å²) >= 11 is 8.80. The molecule has 4 aromatic rings. The van der Waals surface area contributed by atoms with Gasteiger partial charge in [-0.3, -0.25) is 0 Å². The molecule has 0 nitrogen and oxygen atoms in total. The Morgan fingerprint density at radius 1 is 1.00 bits per heavy atom. The molecule has 20 heavy (non-hydrogen) atoms. The quantitative estimate of drug-likeness (QED) is 0.394. The fourth-order valence-corrected chi connectivity index (χ4v) is 5.57. The first kappa shape index (κ1) is 12.2. The summed E-state index contributed by atoms with van der Waals surface area (Å²) < 4.78 is 3.96. The van der Waals surface area contributed by atoms with E-state index >= 15 is 0 Å². The fraction of sp³-hybridized carbons (Fsp3) is 0. The summed E-state index contributed by atoms with van der Waals surface area (Å²) in [5.41, 5.74) is 1.15. The lowest BCUT2D eigenvalue weighted by atomic mass is 10.1. The molecule has 96 valence electrons. The van der Waals surface area contributed by atoms with Crippen molar-refractivity contribution in [1.82, 2.24) is 0 Å². The summed E-state index contributed by atoms with van der Waals surface area (Å²) in [4.78, 5) is 1.18. The minimum atomic E-state index is 1.15. The normalized spacial score (nSPS) is 11.4. The molecule has 0 aliphatic heterocycles. The first-order valence-corrected chi connectivity index (χ1v) is 8.37. The van der Waals surface area contributed by atoms with Gasteiger partial charge in [-0.2, -0.15) is 0 Å². The smallest absolute Gasteiger partial charge is 0.0550 e. The molecule has 0 aliphatic rings. The summed E-state index contributed by atoms with van der Waals surface area (Å²) in [6.45, 7) is 3.89. The third-order valence-electron chi connectivity index (χ3n) is 3.54. The lowest BCUT2D eigenvalue weighted by molar-refractivity contribution is 1.82. The molecule has 0 saturated carbocycles. The second-order valence-electron chi connectivity index (χ2n) is 4.66. The monoisotopic (exact) mass is 310 g/mol. The largest absolute Gasteiger partial charge is 0.134 e. The van der Waals surface area contributed by atoms with Gasteiger partial charge in [0.1, 0.15) is 0 Å². The topological polar surface area (TPSA) is 0 Å². The highest BCUT2D eigenvalue weighted by Crippen LogP contribution is 2.43. The Kier molecular flexibility index (Phi) is 2.74. The van der Waals surface area contributed by atoms with E-state index in [1.807, 2.05) is 17.4 Å². The molecule has 4 rings (SSSR count). The average Bonchev–Trinajstić information content (AvgIpc) is 2.99. The van der Waals surface area contributed by atoms with Crippen molar-refractivity contribution in [2.75, 3.05) is 0 Å². The molecule has 2 aromatic heterocycles. The predicted octanol–water partition coefficient (Wildman–Crippen LogP) is 6.26. The maximum absolute atomic E-state index is 5.18. The third kappa shape index (κ3) is 1.61. The average molecular weight is 310 g/mol. The minimum absolute atomic E-state index is 1.15. The fourth-order valence-electron chi connectivity index (χ4n) is 2.58. The zero-order valence-corrected chi connectivity index (χ0v) is 13.0. The SMILES string of the molecule is C=Cc1sc2c(sc3cc4ccccc4cc32)c1C=S. The molecule has 0 radical (unpaired) electrons. The van der Waals surface area contributed by atoms with Crippen molar-refractivity contribution in [3.63, 3.8) is 0 Å². The van der Waals surface area contributed by atoms with Gasteiger partial charge in [-0.25, -0.2) is 0 Å². The van der Waals surface area contributed by atoms with Crippen LogP contribution in [0.2, 0.25) is 0 Å². The number of hydrogen-bond donors (Lipinski definition) is 0. The predicted molar refractivity (Wildman–Crippen MR) is 97.6 cm³/mol. The van der Waals surface area contributed by atoms with Gasteiger partial charge in [-0.1, -0.05) is 49.1 Å². The molecule has 0 saturated heterocycles. The van der Waals surface area contributed by atoms with Gasteiger partial charge in [-0.15, -0.1) is 22.7 Å². The molecule has 2 heterocycles. The first-order chi connectivity index (χ1) is 9.81. The summed E-state index contributed by atoms with van der Waals surface area (Å²) in [6, 6.07) is 13.1. The maximum Gasteiger partial charge on any atom is 0.0550 e. The van der Waals surface area contributed by atoms with Crippen LogP contribution in [-0.2, 0) is 0 Å². The third-order valence-corrected chi connectivity index (χ3v) is 6.32. The standard InChI is InChI=1S/C17H10S3/c1-2-14-13(9-18)17-16(19-14)12-7-10-5-3-4-6-11(10)8-15(12)20-17/h2-9H,1H2. The Bertz CT molecular complexity index is 986. The van der Waals surface area contributed by atoms with E-state index in [1.54, 1.807) is 16.7 Å². The van der Waals surface area contributed by atoms with Gasteiger partial charge in [0.2, 0.25) is 0 Å².